The monoisotopic (exact) mass is 348 g/mol. The van der Waals surface area contributed by atoms with Crippen LogP contribution in [0.2, 0.25) is 0 Å². The summed E-state index contributed by atoms with van der Waals surface area (Å²) < 4.78 is 11.2. The van der Waals surface area contributed by atoms with E-state index in [4.69, 9.17) is 9.47 Å². The van der Waals surface area contributed by atoms with Crippen LogP contribution in [0.4, 0.5) is 10.5 Å². The number of rotatable bonds is 4. The fraction of sp³-hybridized carbons (Fsp3) is 0.556. The maximum absolute atomic E-state index is 12.6. The highest BCUT2D eigenvalue weighted by molar-refractivity contribution is 5.91. The minimum Gasteiger partial charge on any atom is -0.486 e. The molecule has 2 amide bonds. The molecular formula is C18H24N2O5. The molecule has 2 aliphatic rings. The van der Waals surface area contributed by atoms with E-state index in [1.54, 1.807) is 11.0 Å². The van der Waals surface area contributed by atoms with Crippen molar-refractivity contribution in [2.24, 2.45) is 11.8 Å². The summed E-state index contributed by atoms with van der Waals surface area (Å²) in [7, 11) is 0. The van der Waals surface area contributed by atoms with Crippen LogP contribution in [0.1, 0.15) is 19.8 Å². The molecule has 0 aromatic heterocycles. The van der Waals surface area contributed by atoms with E-state index in [2.05, 4.69) is 5.32 Å². The van der Waals surface area contributed by atoms with Gasteiger partial charge in [-0.25, -0.2) is 4.79 Å². The molecule has 25 heavy (non-hydrogen) atoms. The Labute approximate surface area is 146 Å². The summed E-state index contributed by atoms with van der Waals surface area (Å²) in [6.45, 7) is 3.97. The van der Waals surface area contributed by atoms with Gasteiger partial charge in [0.15, 0.2) is 0 Å². The molecule has 1 aromatic rings. The number of amides is 2. The first-order valence-corrected chi connectivity index (χ1v) is 8.65. The number of benzene rings is 1. The fourth-order valence-electron chi connectivity index (χ4n) is 3.35. The molecule has 2 N–H and O–H groups in total. The average molecular weight is 348 g/mol. The second-order valence-electron chi connectivity index (χ2n) is 6.81. The summed E-state index contributed by atoms with van der Waals surface area (Å²) in [5.41, 5.74) is 0.588. The van der Waals surface area contributed by atoms with Crippen LogP contribution in [0.3, 0.4) is 0 Å². The van der Waals surface area contributed by atoms with Crippen LogP contribution < -0.4 is 10.1 Å². The Morgan fingerprint density at radius 1 is 1.32 bits per heavy atom. The van der Waals surface area contributed by atoms with Gasteiger partial charge >= 0.3 is 12.0 Å². The lowest BCUT2D eigenvalue weighted by molar-refractivity contribution is -0.143. The van der Waals surface area contributed by atoms with E-state index in [1.807, 2.05) is 25.1 Å². The van der Waals surface area contributed by atoms with Crippen molar-refractivity contribution >= 4 is 17.7 Å². The molecule has 3 rings (SSSR count). The molecule has 0 bridgehead atoms. The first kappa shape index (κ1) is 17.5. The quantitative estimate of drug-likeness (QED) is 0.872. The number of urea groups is 1. The molecule has 0 saturated carbocycles. The summed E-state index contributed by atoms with van der Waals surface area (Å²) in [6.07, 6.45) is 1.41. The van der Waals surface area contributed by atoms with E-state index in [1.165, 1.54) is 0 Å². The number of anilines is 1. The molecule has 2 fully saturated rings. The van der Waals surface area contributed by atoms with Gasteiger partial charge in [-0.1, -0.05) is 19.1 Å². The van der Waals surface area contributed by atoms with Gasteiger partial charge in [0.05, 0.1) is 24.8 Å². The number of nitrogens with one attached hydrogen (secondary N) is 1. The van der Waals surface area contributed by atoms with Crippen molar-refractivity contribution in [3.05, 3.63) is 24.3 Å². The van der Waals surface area contributed by atoms with Crippen LogP contribution in [0.5, 0.6) is 5.75 Å². The number of carbonyl (C=O) groups excluding carboxylic acids is 1. The van der Waals surface area contributed by atoms with Gasteiger partial charge in [0.1, 0.15) is 11.9 Å². The summed E-state index contributed by atoms with van der Waals surface area (Å²) in [4.78, 5) is 25.5. The number of carboxylic acid groups (broad SMARTS) is 1. The highest BCUT2D eigenvalue weighted by Gasteiger charge is 2.32. The molecule has 3 unspecified atom stereocenters. The zero-order valence-electron chi connectivity index (χ0n) is 14.3. The molecule has 7 heteroatoms. The van der Waals surface area contributed by atoms with E-state index in [0.29, 0.717) is 37.6 Å². The third-order valence-electron chi connectivity index (χ3n) is 4.61. The maximum Gasteiger partial charge on any atom is 0.321 e. The van der Waals surface area contributed by atoms with Crippen molar-refractivity contribution in [2.75, 3.05) is 31.6 Å². The Bertz CT molecular complexity index is 630. The topological polar surface area (TPSA) is 88.1 Å². The van der Waals surface area contributed by atoms with E-state index in [0.717, 1.165) is 6.42 Å². The van der Waals surface area contributed by atoms with Gasteiger partial charge < -0.3 is 24.8 Å². The Morgan fingerprint density at radius 3 is 2.84 bits per heavy atom. The molecule has 0 aliphatic carbocycles. The van der Waals surface area contributed by atoms with Crippen LogP contribution in [-0.2, 0) is 9.53 Å². The Kier molecular flexibility index (Phi) is 5.43. The molecule has 2 aliphatic heterocycles. The van der Waals surface area contributed by atoms with Crippen LogP contribution in [0.25, 0.3) is 0 Å². The van der Waals surface area contributed by atoms with Gasteiger partial charge in [0, 0.05) is 19.5 Å². The first-order valence-electron chi connectivity index (χ1n) is 8.65. The number of ether oxygens (including phenoxy) is 2. The largest absolute Gasteiger partial charge is 0.486 e. The van der Waals surface area contributed by atoms with Crippen LogP contribution in [0, 0.1) is 11.8 Å². The second kappa shape index (κ2) is 7.74. The van der Waals surface area contributed by atoms with Gasteiger partial charge in [-0.3, -0.25) is 4.79 Å². The predicted octanol–water partition coefficient (Wildman–Crippen LogP) is 2.43. The van der Waals surface area contributed by atoms with Gasteiger partial charge in [-0.05, 0) is 24.5 Å². The summed E-state index contributed by atoms with van der Waals surface area (Å²) >= 11 is 0. The second-order valence-corrected chi connectivity index (χ2v) is 6.81. The summed E-state index contributed by atoms with van der Waals surface area (Å²) in [5.74, 6) is -0.611. The van der Waals surface area contributed by atoms with Crippen molar-refractivity contribution in [1.29, 1.82) is 0 Å². The number of hydrogen-bond acceptors (Lipinski definition) is 4. The zero-order valence-corrected chi connectivity index (χ0v) is 14.3. The van der Waals surface area contributed by atoms with E-state index in [-0.39, 0.29) is 24.6 Å². The number of aliphatic carboxylic acids is 1. The van der Waals surface area contributed by atoms with Crippen molar-refractivity contribution in [1.82, 2.24) is 4.90 Å². The van der Waals surface area contributed by atoms with Crippen molar-refractivity contribution in [3.63, 3.8) is 0 Å². The lowest BCUT2D eigenvalue weighted by atomic mass is 9.91. The standard InChI is InChI=1S/C18H24N2O5/c1-12-8-13(17(21)22)10-20(9-12)18(23)19-15-4-2-3-5-16(15)25-14-6-7-24-11-14/h2-5,12-14H,6-11H2,1H3,(H,19,23)(H,21,22). The number of nitrogens with zero attached hydrogens (tertiary/aromatic N) is 1. The van der Waals surface area contributed by atoms with Gasteiger partial charge in [-0.15, -0.1) is 0 Å². The first-order chi connectivity index (χ1) is 12.0. The minimum absolute atomic E-state index is 0.00977. The Balaban J connectivity index is 1.67. The normalized spacial score (nSPS) is 26.3. The van der Waals surface area contributed by atoms with Crippen molar-refractivity contribution < 1.29 is 24.2 Å². The van der Waals surface area contributed by atoms with Crippen molar-refractivity contribution in [3.8, 4) is 5.75 Å². The summed E-state index contributed by atoms with van der Waals surface area (Å²) in [5, 5.41) is 12.1. The maximum atomic E-state index is 12.6. The lowest BCUT2D eigenvalue weighted by Crippen LogP contribution is -2.47. The van der Waals surface area contributed by atoms with E-state index >= 15 is 0 Å². The highest BCUT2D eigenvalue weighted by atomic mass is 16.5. The van der Waals surface area contributed by atoms with Crippen LogP contribution in [0.15, 0.2) is 24.3 Å². The molecule has 3 atom stereocenters. The van der Waals surface area contributed by atoms with Crippen LogP contribution in [-0.4, -0.2) is 54.4 Å². The summed E-state index contributed by atoms with van der Waals surface area (Å²) in [6, 6.07) is 6.98. The molecule has 0 radical (unpaired) electrons. The highest BCUT2D eigenvalue weighted by Crippen LogP contribution is 2.28. The van der Waals surface area contributed by atoms with E-state index < -0.39 is 11.9 Å². The molecule has 7 nitrogen and oxygen atoms in total. The number of carboxylic acids is 1. The van der Waals surface area contributed by atoms with Crippen molar-refractivity contribution in [2.45, 2.75) is 25.9 Å². The van der Waals surface area contributed by atoms with Gasteiger partial charge in [0.2, 0.25) is 0 Å². The number of piperidine rings is 1. The smallest absolute Gasteiger partial charge is 0.321 e. The number of carbonyl (C=O) groups is 2. The third-order valence-corrected chi connectivity index (χ3v) is 4.61. The Morgan fingerprint density at radius 2 is 2.12 bits per heavy atom. The molecule has 1 aromatic carbocycles. The van der Waals surface area contributed by atoms with Crippen LogP contribution >= 0.6 is 0 Å². The van der Waals surface area contributed by atoms with E-state index in [9.17, 15) is 14.7 Å². The van der Waals surface area contributed by atoms with Gasteiger partial charge in [-0.2, -0.15) is 0 Å². The Hall–Kier alpha value is -2.28. The average Bonchev–Trinajstić information content (AvgIpc) is 3.09. The number of para-hydroxylation sites is 2. The molecule has 0 spiro atoms. The lowest BCUT2D eigenvalue weighted by Gasteiger charge is -2.34. The third kappa shape index (κ3) is 4.42. The number of likely N-dealkylation sites (tertiary alicyclic amines) is 1. The number of hydrogen-bond donors (Lipinski definition) is 2. The molecular weight excluding hydrogens is 324 g/mol. The minimum atomic E-state index is -0.852. The fourth-order valence-corrected chi connectivity index (χ4v) is 3.35. The molecule has 2 saturated heterocycles. The molecule has 136 valence electrons. The SMILES string of the molecule is CC1CC(C(=O)O)CN(C(=O)Nc2ccccc2OC2CCOC2)C1. The zero-order chi connectivity index (χ0) is 17.8. The molecule has 2 heterocycles. The van der Waals surface area contributed by atoms with Gasteiger partial charge in [0.25, 0.3) is 0 Å². The predicted molar refractivity (Wildman–Crippen MR) is 91.8 cm³/mol.